The van der Waals surface area contributed by atoms with Crippen molar-refractivity contribution in [3.8, 4) is 5.75 Å². The van der Waals surface area contributed by atoms with Gasteiger partial charge in [-0.1, -0.05) is 12.1 Å². The first-order valence-electron chi connectivity index (χ1n) is 6.60. The Morgan fingerprint density at radius 3 is 2.55 bits per heavy atom. The molecule has 124 valence electrons. The van der Waals surface area contributed by atoms with E-state index >= 15 is 0 Å². The number of aliphatic hydroxyl groups excluding tert-OH is 1. The van der Waals surface area contributed by atoms with Gasteiger partial charge in [-0.2, -0.15) is 8.42 Å². The zero-order chi connectivity index (χ0) is 17.0. The third-order valence-electron chi connectivity index (χ3n) is 2.33. The van der Waals surface area contributed by atoms with Crippen LogP contribution < -0.4 is 9.50 Å². The molecule has 0 aliphatic carbocycles. The van der Waals surface area contributed by atoms with Gasteiger partial charge in [-0.3, -0.25) is 0 Å². The Balaban J connectivity index is 2.64. The lowest BCUT2D eigenvalue weighted by Crippen LogP contribution is -2.34. The van der Waals surface area contributed by atoms with Crippen molar-refractivity contribution in [1.82, 2.24) is 5.32 Å². The van der Waals surface area contributed by atoms with Gasteiger partial charge in [0.05, 0.1) is 18.9 Å². The molecule has 0 aliphatic rings. The molecule has 1 aromatic rings. The zero-order valence-corrected chi connectivity index (χ0v) is 13.8. The molecule has 7 nitrogen and oxygen atoms in total. The molecule has 0 saturated carbocycles. The molecule has 0 heterocycles. The van der Waals surface area contributed by atoms with Crippen LogP contribution in [0.1, 0.15) is 32.4 Å². The Morgan fingerprint density at radius 2 is 2.00 bits per heavy atom. The van der Waals surface area contributed by atoms with Gasteiger partial charge in [0.2, 0.25) is 0 Å². The predicted molar refractivity (Wildman–Crippen MR) is 81.1 cm³/mol. The second-order valence-electron chi connectivity index (χ2n) is 5.76. The van der Waals surface area contributed by atoms with Crippen LogP contribution in [-0.4, -0.2) is 38.0 Å². The molecule has 0 bridgehead atoms. The quantitative estimate of drug-likeness (QED) is 0.794. The summed E-state index contributed by atoms with van der Waals surface area (Å²) in [5, 5.41) is 12.5. The van der Waals surface area contributed by atoms with Gasteiger partial charge in [-0.15, -0.1) is 0 Å². The van der Waals surface area contributed by atoms with E-state index in [4.69, 9.17) is 8.92 Å². The summed E-state index contributed by atoms with van der Waals surface area (Å²) in [6.45, 7) is 5.12. The number of benzene rings is 1. The molecular formula is C14H21NO6S. The molecule has 1 atom stereocenters. The number of amides is 1. The SMILES string of the molecule is CC(C)(C)OC(=O)NCC(O)c1cccc(OS(C)(=O)=O)c1. The molecular weight excluding hydrogens is 310 g/mol. The number of alkyl carbamates (subject to hydrolysis) is 1. The van der Waals surface area contributed by atoms with E-state index in [1.165, 1.54) is 12.1 Å². The standard InChI is InChI=1S/C14H21NO6S/c1-14(2,3)20-13(17)15-9-12(16)10-6-5-7-11(8-10)21-22(4,18)19/h5-8,12,16H,9H2,1-4H3,(H,15,17). The number of carbonyl (C=O) groups is 1. The van der Waals surface area contributed by atoms with E-state index in [0.29, 0.717) is 5.56 Å². The Labute approximate surface area is 130 Å². The second-order valence-corrected chi connectivity index (χ2v) is 7.33. The monoisotopic (exact) mass is 331 g/mol. The van der Waals surface area contributed by atoms with Crippen molar-refractivity contribution in [2.24, 2.45) is 0 Å². The Bertz CT molecular complexity index is 620. The molecule has 1 unspecified atom stereocenters. The second kappa shape index (κ2) is 6.97. The molecule has 0 radical (unpaired) electrons. The van der Waals surface area contributed by atoms with Gasteiger partial charge >= 0.3 is 16.2 Å². The highest BCUT2D eigenvalue weighted by Crippen LogP contribution is 2.20. The van der Waals surface area contributed by atoms with Crippen LogP contribution in [0.15, 0.2) is 24.3 Å². The van der Waals surface area contributed by atoms with Crippen molar-refractivity contribution < 1.29 is 27.2 Å². The van der Waals surface area contributed by atoms with Gasteiger partial charge in [0.25, 0.3) is 0 Å². The number of carbonyl (C=O) groups excluding carboxylic acids is 1. The summed E-state index contributed by atoms with van der Waals surface area (Å²) in [5.74, 6) is 0.0938. The predicted octanol–water partition coefficient (Wildman–Crippen LogP) is 1.58. The fourth-order valence-electron chi connectivity index (χ4n) is 1.56. The molecule has 0 aliphatic heterocycles. The molecule has 8 heteroatoms. The summed E-state index contributed by atoms with van der Waals surface area (Å²) in [4.78, 5) is 11.5. The third-order valence-corrected chi connectivity index (χ3v) is 2.82. The van der Waals surface area contributed by atoms with Gasteiger partial charge in [0.15, 0.2) is 0 Å². The average Bonchev–Trinajstić information content (AvgIpc) is 2.32. The van der Waals surface area contributed by atoms with Crippen LogP contribution in [-0.2, 0) is 14.9 Å². The fraction of sp³-hybridized carbons (Fsp3) is 0.500. The summed E-state index contributed by atoms with van der Waals surface area (Å²) in [7, 11) is -3.64. The maximum Gasteiger partial charge on any atom is 0.407 e. The first-order chi connectivity index (χ1) is 9.96. The average molecular weight is 331 g/mol. The number of hydrogen-bond acceptors (Lipinski definition) is 6. The Kier molecular flexibility index (Phi) is 5.78. The van der Waals surface area contributed by atoms with Gasteiger partial charge in [-0.25, -0.2) is 4.79 Å². The van der Waals surface area contributed by atoms with Crippen LogP contribution in [0, 0.1) is 0 Å². The highest BCUT2D eigenvalue weighted by Gasteiger charge is 2.17. The van der Waals surface area contributed by atoms with E-state index in [-0.39, 0.29) is 12.3 Å². The summed E-state index contributed by atoms with van der Waals surface area (Å²) >= 11 is 0. The highest BCUT2D eigenvalue weighted by molar-refractivity contribution is 7.86. The molecule has 1 aromatic carbocycles. The fourth-order valence-corrected chi connectivity index (χ4v) is 2.01. The third kappa shape index (κ3) is 7.28. The Hall–Kier alpha value is -1.80. The lowest BCUT2D eigenvalue weighted by molar-refractivity contribution is 0.0492. The van der Waals surface area contributed by atoms with Gasteiger partial charge < -0.3 is 19.3 Å². The summed E-state index contributed by atoms with van der Waals surface area (Å²) in [6.07, 6.45) is -0.731. The molecule has 2 N–H and O–H groups in total. The molecule has 0 aromatic heterocycles. The largest absolute Gasteiger partial charge is 0.444 e. The maximum absolute atomic E-state index is 11.5. The number of hydrogen-bond donors (Lipinski definition) is 2. The number of rotatable bonds is 5. The van der Waals surface area contributed by atoms with E-state index in [0.717, 1.165) is 6.26 Å². The number of nitrogens with one attached hydrogen (secondary N) is 1. The van der Waals surface area contributed by atoms with Gasteiger partial charge in [0.1, 0.15) is 11.4 Å². The molecule has 1 amide bonds. The minimum absolute atomic E-state index is 0.0722. The zero-order valence-electron chi connectivity index (χ0n) is 13.0. The summed E-state index contributed by atoms with van der Waals surface area (Å²) < 4.78 is 31.9. The minimum Gasteiger partial charge on any atom is -0.444 e. The van der Waals surface area contributed by atoms with Crippen LogP contribution in [0.3, 0.4) is 0 Å². The van der Waals surface area contributed by atoms with Crippen molar-refractivity contribution in [3.05, 3.63) is 29.8 Å². The van der Waals surface area contributed by atoms with E-state index in [9.17, 15) is 18.3 Å². The van der Waals surface area contributed by atoms with Crippen molar-refractivity contribution in [2.45, 2.75) is 32.5 Å². The minimum atomic E-state index is -3.64. The molecule has 1 rings (SSSR count). The summed E-state index contributed by atoms with van der Waals surface area (Å²) in [6, 6.07) is 5.99. The highest BCUT2D eigenvalue weighted by atomic mass is 32.2. The lowest BCUT2D eigenvalue weighted by Gasteiger charge is -2.20. The normalized spacial score (nSPS) is 13.3. The van der Waals surface area contributed by atoms with Crippen molar-refractivity contribution in [1.29, 1.82) is 0 Å². The van der Waals surface area contributed by atoms with Gasteiger partial charge in [0, 0.05) is 0 Å². The molecule has 0 spiro atoms. The van der Waals surface area contributed by atoms with Crippen molar-refractivity contribution >= 4 is 16.2 Å². The van der Waals surface area contributed by atoms with Gasteiger partial charge in [-0.05, 0) is 38.5 Å². The first-order valence-corrected chi connectivity index (χ1v) is 8.42. The number of ether oxygens (including phenoxy) is 1. The topological polar surface area (TPSA) is 102 Å². The number of aliphatic hydroxyl groups is 1. The molecule has 22 heavy (non-hydrogen) atoms. The molecule has 0 fully saturated rings. The maximum atomic E-state index is 11.5. The van der Waals surface area contributed by atoms with Crippen LogP contribution >= 0.6 is 0 Å². The van der Waals surface area contributed by atoms with Crippen molar-refractivity contribution in [2.75, 3.05) is 12.8 Å². The van der Waals surface area contributed by atoms with E-state index in [1.807, 2.05) is 0 Å². The summed E-state index contributed by atoms with van der Waals surface area (Å²) in [5.41, 5.74) is -0.213. The van der Waals surface area contributed by atoms with E-state index < -0.39 is 27.9 Å². The molecule has 0 saturated heterocycles. The smallest absolute Gasteiger partial charge is 0.407 e. The van der Waals surface area contributed by atoms with E-state index in [2.05, 4.69) is 5.32 Å². The van der Waals surface area contributed by atoms with Crippen LogP contribution in [0.2, 0.25) is 0 Å². The Morgan fingerprint density at radius 1 is 1.36 bits per heavy atom. The first kappa shape index (κ1) is 18.2. The van der Waals surface area contributed by atoms with Crippen LogP contribution in [0.5, 0.6) is 5.75 Å². The van der Waals surface area contributed by atoms with Crippen molar-refractivity contribution in [3.63, 3.8) is 0 Å². The van der Waals surface area contributed by atoms with Crippen LogP contribution in [0.4, 0.5) is 4.79 Å². The lowest BCUT2D eigenvalue weighted by atomic mass is 10.1. The van der Waals surface area contributed by atoms with E-state index in [1.54, 1.807) is 32.9 Å². The van der Waals surface area contributed by atoms with Crippen LogP contribution in [0.25, 0.3) is 0 Å².